The number of amides is 1. The van der Waals surface area contributed by atoms with Crippen molar-refractivity contribution < 1.29 is 18.7 Å². The van der Waals surface area contributed by atoms with E-state index in [-0.39, 0.29) is 35.3 Å². The molecule has 0 N–H and O–H groups in total. The third-order valence-corrected chi connectivity index (χ3v) is 9.16. The van der Waals surface area contributed by atoms with Gasteiger partial charge in [0.05, 0.1) is 27.6 Å². The molecule has 6 rings (SSSR count). The molecule has 2 aromatic heterocycles. The molecule has 0 aromatic carbocycles. The fraction of sp³-hybridized carbons (Fsp3) is 0.704. The first kappa shape index (κ1) is 26.7. The Morgan fingerprint density at radius 1 is 1.21 bits per heavy atom. The van der Waals surface area contributed by atoms with Crippen LogP contribution in [0.4, 0.5) is 15.0 Å². The molecular weight excluding hydrogens is 571 g/mol. The molecule has 39 heavy (non-hydrogen) atoms. The Balaban J connectivity index is 1.33. The lowest BCUT2D eigenvalue weighted by Gasteiger charge is -2.42. The van der Waals surface area contributed by atoms with E-state index >= 15 is 0 Å². The van der Waals surface area contributed by atoms with Crippen molar-refractivity contribution in [1.82, 2.24) is 24.3 Å². The minimum absolute atomic E-state index is 0.0219. The largest absolute Gasteiger partial charge is 0.461 e. The van der Waals surface area contributed by atoms with Crippen molar-refractivity contribution in [3.63, 3.8) is 0 Å². The number of carbonyl (C=O) groups is 1. The first-order chi connectivity index (χ1) is 18.4. The van der Waals surface area contributed by atoms with Crippen LogP contribution in [0.3, 0.4) is 0 Å². The molecule has 2 aromatic rings. The van der Waals surface area contributed by atoms with Gasteiger partial charge in [0.25, 0.3) is 5.56 Å². The zero-order valence-corrected chi connectivity index (χ0v) is 24.5. The van der Waals surface area contributed by atoms with Gasteiger partial charge in [0.15, 0.2) is 5.82 Å². The molecular formula is C27H36BrFN6O4. The summed E-state index contributed by atoms with van der Waals surface area (Å²) >= 11 is 3.37. The van der Waals surface area contributed by atoms with E-state index in [0.717, 1.165) is 32.2 Å². The van der Waals surface area contributed by atoms with Gasteiger partial charge < -0.3 is 18.9 Å². The molecule has 4 saturated heterocycles. The summed E-state index contributed by atoms with van der Waals surface area (Å²) in [6.07, 6.45) is 3.00. The fourth-order valence-electron chi connectivity index (χ4n) is 6.93. The molecule has 212 valence electrons. The SMILES string of the molecule is Cn1c(=O)c(Br)cc2nc(OC[C@]34CCCN3C[C@@H](F)C4)nc(N3C[C@H]4CC[C@@H](C3)N4C(=O)OC(C)(C)C)c21. The number of pyridine rings is 1. The highest BCUT2D eigenvalue weighted by Gasteiger charge is 2.50. The highest BCUT2D eigenvalue weighted by atomic mass is 79.9. The molecule has 12 heteroatoms. The van der Waals surface area contributed by atoms with Crippen LogP contribution in [-0.4, -0.2) is 92.6 Å². The smallest absolute Gasteiger partial charge is 0.410 e. The number of rotatable bonds is 4. The van der Waals surface area contributed by atoms with Gasteiger partial charge in [-0.25, -0.2) is 9.18 Å². The van der Waals surface area contributed by atoms with Crippen LogP contribution >= 0.6 is 15.9 Å². The number of ether oxygens (including phenoxy) is 2. The highest BCUT2D eigenvalue weighted by molar-refractivity contribution is 9.10. The molecule has 4 fully saturated rings. The number of fused-ring (bicyclic) bond motifs is 4. The molecule has 6 heterocycles. The maximum atomic E-state index is 14.3. The quantitative estimate of drug-likeness (QED) is 0.521. The minimum Gasteiger partial charge on any atom is -0.461 e. The number of aromatic nitrogens is 3. The summed E-state index contributed by atoms with van der Waals surface area (Å²) in [7, 11) is 1.71. The van der Waals surface area contributed by atoms with Gasteiger partial charge in [0.1, 0.15) is 23.9 Å². The molecule has 0 aliphatic carbocycles. The van der Waals surface area contributed by atoms with Crippen LogP contribution in [0.25, 0.3) is 11.0 Å². The summed E-state index contributed by atoms with van der Waals surface area (Å²) in [5.41, 5.74) is 0.133. The van der Waals surface area contributed by atoms with Crippen molar-refractivity contribution in [1.29, 1.82) is 0 Å². The van der Waals surface area contributed by atoms with Crippen LogP contribution in [0, 0.1) is 0 Å². The average Bonchev–Trinajstić information content (AvgIpc) is 3.47. The predicted molar refractivity (Wildman–Crippen MR) is 148 cm³/mol. The molecule has 2 bridgehead atoms. The van der Waals surface area contributed by atoms with Crippen LogP contribution < -0.4 is 15.2 Å². The van der Waals surface area contributed by atoms with Gasteiger partial charge >= 0.3 is 12.1 Å². The molecule has 0 saturated carbocycles. The Morgan fingerprint density at radius 3 is 2.62 bits per heavy atom. The summed E-state index contributed by atoms with van der Waals surface area (Å²) in [6.45, 7) is 8.41. The van der Waals surface area contributed by atoms with Gasteiger partial charge in [0, 0.05) is 33.1 Å². The lowest BCUT2D eigenvalue weighted by atomic mass is 9.95. The van der Waals surface area contributed by atoms with Gasteiger partial charge in [-0.1, -0.05) is 0 Å². The first-order valence-corrected chi connectivity index (χ1v) is 14.6. The van der Waals surface area contributed by atoms with Crippen molar-refractivity contribution >= 4 is 38.9 Å². The molecule has 4 aliphatic heterocycles. The van der Waals surface area contributed by atoms with Crippen LogP contribution in [0.5, 0.6) is 6.01 Å². The van der Waals surface area contributed by atoms with E-state index in [9.17, 15) is 14.0 Å². The van der Waals surface area contributed by atoms with Gasteiger partial charge in [0.2, 0.25) is 0 Å². The van der Waals surface area contributed by atoms with E-state index in [2.05, 4.69) is 30.7 Å². The van der Waals surface area contributed by atoms with E-state index in [0.29, 0.717) is 54.0 Å². The van der Waals surface area contributed by atoms with Crippen molar-refractivity contribution in [2.75, 3.05) is 37.7 Å². The van der Waals surface area contributed by atoms with Gasteiger partial charge in [-0.2, -0.15) is 9.97 Å². The number of aryl methyl sites for hydroxylation is 1. The Morgan fingerprint density at radius 2 is 1.92 bits per heavy atom. The lowest BCUT2D eigenvalue weighted by Crippen LogP contribution is -2.57. The third-order valence-electron chi connectivity index (χ3n) is 8.60. The van der Waals surface area contributed by atoms with Gasteiger partial charge in [-0.3, -0.25) is 14.6 Å². The number of carbonyl (C=O) groups excluding carboxylic acids is 1. The van der Waals surface area contributed by atoms with Crippen LogP contribution in [-0.2, 0) is 11.8 Å². The van der Waals surface area contributed by atoms with Gasteiger partial charge in [-0.05, 0) is 75.0 Å². The van der Waals surface area contributed by atoms with Crippen LogP contribution in [0.1, 0.15) is 52.9 Å². The number of piperazine rings is 1. The zero-order valence-electron chi connectivity index (χ0n) is 23.0. The second kappa shape index (κ2) is 9.57. The van der Waals surface area contributed by atoms with E-state index in [1.807, 2.05) is 25.7 Å². The van der Waals surface area contributed by atoms with Crippen LogP contribution in [0.2, 0.25) is 0 Å². The highest BCUT2D eigenvalue weighted by Crippen LogP contribution is 2.41. The zero-order chi connectivity index (χ0) is 27.7. The van der Waals surface area contributed by atoms with Crippen molar-refractivity contribution in [2.45, 2.75) is 82.3 Å². The summed E-state index contributed by atoms with van der Waals surface area (Å²) < 4.78 is 28.2. The van der Waals surface area contributed by atoms with Crippen molar-refractivity contribution in [3.8, 4) is 6.01 Å². The monoisotopic (exact) mass is 606 g/mol. The molecule has 4 aliphatic rings. The molecule has 4 atom stereocenters. The van der Waals surface area contributed by atoms with E-state index in [1.165, 1.54) is 0 Å². The number of hydrogen-bond acceptors (Lipinski definition) is 8. The Bertz CT molecular complexity index is 1350. The second-order valence-corrected chi connectivity index (χ2v) is 13.3. The number of hydrogen-bond donors (Lipinski definition) is 0. The van der Waals surface area contributed by atoms with Crippen molar-refractivity contribution in [2.24, 2.45) is 7.05 Å². The van der Waals surface area contributed by atoms with E-state index < -0.39 is 11.8 Å². The molecule has 1 amide bonds. The molecule has 0 radical (unpaired) electrons. The van der Waals surface area contributed by atoms with E-state index in [4.69, 9.17) is 14.5 Å². The van der Waals surface area contributed by atoms with E-state index in [1.54, 1.807) is 17.7 Å². The third kappa shape index (κ3) is 4.77. The topological polar surface area (TPSA) is 93.0 Å². The summed E-state index contributed by atoms with van der Waals surface area (Å²) in [5, 5.41) is 0. The summed E-state index contributed by atoms with van der Waals surface area (Å²) in [5.74, 6) is 0.610. The number of nitrogens with zero attached hydrogens (tertiary/aromatic N) is 6. The Labute approximate surface area is 235 Å². The molecule has 0 spiro atoms. The first-order valence-electron chi connectivity index (χ1n) is 13.8. The van der Waals surface area contributed by atoms with Gasteiger partial charge in [-0.15, -0.1) is 0 Å². The number of alkyl halides is 1. The summed E-state index contributed by atoms with van der Waals surface area (Å²) in [4.78, 5) is 41.6. The second-order valence-electron chi connectivity index (χ2n) is 12.5. The standard InChI is InChI=1S/C27H36BrFN6O4/c1-26(2,3)39-25(37)35-17-6-7-18(35)14-33(13-17)22-21-20(10-19(28)23(36)32(21)4)30-24(31-22)38-15-27-8-5-9-34(27)12-16(29)11-27/h10,16-18H,5-9,11-15H2,1-4H3/t16-,17-,18+,27+/m0/s1. The maximum absolute atomic E-state index is 14.3. The Hall–Kier alpha value is -2.47. The predicted octanol–water partition coefficient (Wildman–Crippen LogP) is 3.63. The Kier molecular flexibility index (Phi) is 6.56. The summed E-state index contributed by atoms with van der Waals surface area (Å²) in [6, 6.07) is 1.88. The minimum atomic E-state index is -0.843. The number of anilines is 1. The van der Waals surface area contributed by atoms with Crippen LogP contribution in [0.15, 0.2) is 15.3 Å². The van der Waals surface area contributed by atoms with Crippen molar-refractivity contribution in [3.05, 3.63) is 20.9 Å². The number of halogens is 2. The molecule has 0 unspecified atom stereocenters. The lowest BCUT2D eigenvalue weighted by molar-refractivity contribution is 0.0122. The normalized spacial score (nSPS) is 28.8. The molecule has 10 nitrogen and oxygen atoms in total. The average molecular weight is 608 g/mol. The fourth-order valence-corrected chi connectivity index (χ4v) is 7.41. The maximum Gasteiger partial charge on any atom is 0.410 e.